The lowest BCUT2D eigenvalue weighted by Crippen LogP contribution is -2.43. The number of piperidine rings is 1. The molecule has 1 atom stereocenters. The van der Waals surface area contributed by atoms with Gasteiger partial charge in [-0.2, -0.15) is 4.31 Å². The van der Waals surface area contributed by atoms with Crippen LogP contribution in [0.1, 0.15) is 12.8 Å². The Hall–Kier alpha value is -1.62. The molecule has 1 aliphatic heterocycles. The van der Waals surface area contributed by atoms with Gasteiger partial charge in [-0.05, 0) is 31.0 Å². The molecule has 11 heteroatoms. The van der Waals surface area contributed by atoms with E-state index < -0.39 is 21.8 Å². The van der Waals surface area contributed by atoms with E-state index in [1.54, 1.807) is 0 Å². The van der Waals surface area contributed by atoms with Crippen molar-refractivity contribution in [2.45, 2.75) is 17.7 Å². The summed E-state index contributed by atoms with van der Waals surface area (Å²) in [6, 6.07) is 3.26. The fourth-order valence-electron chi connectivity index (χ4n) is 2.60. The van der Waals surface area contributed by atoms with E-state index in [1.165, 1.54) is 27.2 Å². The monoisotopic (exact) mass is 404 g/mol. The molecule has 0 aliphatic carbocycles. The first kappa shape index (κ1) is 18.2. The van der Waals surface area contributed by atoms with Gasteiger partial charge in [-0.15, -0.1) is 10.2 Å². The molecular weight excluding hydrogens is 391 g/mol. The number of amides is 1. The van der Waals surface area contributed by atoms with Crippen molar-refractivity contribution in [3.8, 4) is 0 Å². The van der Waals surface area contributed by atoms with E-state index in [4.69, 9.17) is 11.6 Å². The molecule has 0 bridgehead atoms. The number of halogens is 2. The van der Waals surface area contributed by atoms with Crippen molar-refractivity contribution in [3.05, 3.63) is 34.5 Å². The van der Waals surface area contributed by atoms with Crippen LogP contribution in [0.2, 0.25) is 5.02 Å². The van der Waals surface area contributed by atoms with E-state index in [-0.39, 0.29) is 22.4 Å². The van der Waals surface area contributed by atoms with E-state index in [0.29, 0.717) is 24.5 Å². The summed E-state index contributed by atoms with van der Waals surface area (Å²) in [6.07, 6.45) is 1.11. The van der Waals surface area contributed by atoms with Gasteiger partial charge in [0.05, 0.1) is 15.8 Å². The largest absolute Gasteiger partial charge is 0.300 e. The van der Waals surface area contributed by atoms with Gasteiger partial charge in [0, 0.05) is 13.1 Å². The predicted molar refractivity (Wildman–Crippen MR) is 91.4 cm³/mol. The Morgan fingerprint density at radius 3 is 2.92 bits per heavy atom. The van der Waals surface area contributed by atoms with Gasteiger partial charge in [0.1, 0.15) is 11.3 Å². The van der Waals surface area contributed by atoms with E-state index in [1.807, 2.05) is 0 Å². The van der Waals surface area contributed by atoms with Gasteiger partial charge in [-0.25, -0.2) is 12.8 Å². The van der Waals surface area contributed by atoms with Crippen LogP contribution in [0.25, 0.3) is 0 Å². The second-order valence-electron chi connectivity index (χ2n) is 5.51. The van der Waals surface area contributed by atoms with Crippen LogP contribution in [0.3, 0.4) is 0 Å². The Morgan fingerprint density at radius 2 is 2.24 bits per heavy atom. The van der Waals surface area contributed by atoms with Crippen molar-refractivity contribution in [2.75, 3.05) is 18.4 Å². The topological polar surface area (TPSA) is 92.3 Å². The normalized spacial score (nSPS) is 18.9. The summed E-state index contributed by atoms with van der Waals surface area (Å²) in [5.41, 5.74) is 1.49. The molecule has 1 amide bonds. The molecule has 0 spiro atoms. The van der Waals surface area contributed by atoms with E-state index in [9.17, 15) is 17.6 Å². The van der Waals surface area contributed by atoms with Crippen LogP contribution in [0.4, 0.5) is 9.52 Å². The SMILES string of the molecule is O=C(Nc1nncs1)C1CCCN(S(=O)(=O)c2ccc(F)c(Cl)c2)C1. The summed E-state index contributed by atoms with van der Waals surface area (Å²) in [6.45, 7) is 0.335. The van der Waals surface area contributed by atoms with Crippen molar-refractivity contribution in [1.82, 2.24) is 14.5 Å². The van der Waals surface area contributed by atoms with Crippen molar-refractivity contribution < 1.29 is 17.6 Å². The summed E-state index contributed by atoms with van der Waals surface area (Å²) in [5.74, 6) is -1.48. The average Bonchev–Trinajstić information content (AvgIpc) is 3.10. The number of nitrogens with zero attached hydrogens (tertiary/aromatic N) is 3. The maximum atomic E-state index is 13.3. The van der Waals surface area contributed by atoms with Gasteiger partial charge in [0.2, 0.25) is 21.1 Å². The molecule has 1 aliphatic rings. The quantitative estimate of drug-likeness (QED) is 0.844. The highest BCUT2D eigenvalue weighted by Crippen LogP contribution is 2.27. The van der Waals surface area contributed by atoms with Crippen molar-refractivity contribution >= 4 is 44.0 Å². The standard InChI is InChI=1S/C14H14ClFN4O3S2/c15-11-6-10(3-4-12(11)16)25(22,23)20-5-1-2-9(7-20)13(21)18-14-19-17-8-24-14/h3-4,6,8-9H,1-2,5,7H2,(H,18,19,21). The summed E-state index contributed by atoms with van der Waals surface area (Å²) in [4.78, 5) is 12.2. The zero-order valence-corrected chi connectivity index (χ0v) is 15.2. The highest BCUT2D eigenvalue weighted by Gasteiger charge is 2.33. The minimum absolute atomic E-state index is 0.0436. The van der Waals surface area contributed by atoms with E-state index in [2.05, 4.69) is 15.5 Å². The van der Waals surface area contributed by atoms with Crippen molar-refractivity contribution in [2.24, 2.45) is 5.92 Å². The van der Waals surface area contributed by atoms with Gasteiger partial charge >= 0.3 is 0 Å². The molecule has 1 unspecified atom stereocenters. The first-order chi connectivity index (χ1) is 11.9. The number of aromatic nitrogens is 2. The molecule has 3 rings (SSSR count). The van der Waals surface area contributed by atoms with Gasteiger partial charge in [0.25, 0.3) is 0 Å². The van der Waals surface area contributed by atoms with Crippen LogP contribution >= 0.6 is 22.9 Å². The van der Waals surface area contributed by atoms with Gasteiger partial charge in [-0.1, -0.05) is 22.9 Å². The lowest BCUT2D eigenvalue weighted by atomic mass is 9.99. The molecule has 1 saturated heterocycles. The highest BCUT2D eigenvalue weighted by molar-refractivity contribution is 7.89. The molecule has 0 radical (unpaired) electrons. The van der Waals surface area contributed by atoms with Crippen LogP contribution in [0.15, 0.2) is 28.6 Å². The second kappa shape index (κ2) is 7.32. The summed E-state index contributed by atoms with van der Waals surface area (Å²) < 4.78 is 40.0. The van der Waals surface area contributed by atoms with Gasteiger partial charge in [0.15, 0.2) is 0 Å². The third kappa shape index (κ3) is 3.97. The molecule has 1 aromatic carbocycles. The molecule has 134 valence electrons. The fraction of sp³-hybridized carbons (Fsp3) is 0.357. The zero-order valence-electron chi connectivity index (χ0n) is 12.9. The summed E-state index contributed by atoms with van der Waals surface area (Å²) in [7, 11) is -3.85. The molecule has 1 aromatic heterocycles. The Balaban J connectivity index is 1.75. The molecule has 2 aromatic rings. The Kier molecular flexibility index (Phi) is 5.32. The van der Waals surface area contributed by atoms with Gasteiger partial charge < -0.3 is 5.32 Å². The van der Waals surface area contributed by atoms with Crippen LogP contribution < -0.4 is 5.32 Å². The molecule has 0 saturated carbocycles. The van der Waals surface area contributed by atoms with Crippen molar-refractivity contribution in [1.29, 1.82) is 0 Å². The van der Waals surface area contributed by atoms with Crippen LogP contribution in [0, 0.1) is 11.7 Å². The second-order valence-corrected chi connectivity index (χ2v) is 8.69. The lowest BCUT2D eigenvalue weighted by Gasteiger charge is -2.31. The Labute approximate surface area is 152 Å². The maximum absolute atomic E-state index is 13.3. The molecule has 7 nitrogen and oxygen atoms in total. The highest BCUT2D eigenvalue weighted by atomic mass is 35.5. The lowest BCUT2D eigenvalue weighted by molar-refractivity contribution is -0.120. The number of hydrogen-bond donors (Lipinski definition) is 1. The molecule has 1 N–H and O–H groups in total. The number of rotatable bonds is 4. The first-order valence-corrected chi connectivity index (χ1v) is 10.1. The molecule has 1 fully saturated rings. The fourth-order valence-corrected chi connectivity index (χ4v) is 4.84. The third-order valence-corrected chi connectivity index (χ3v) is 6.63. The average molecular weight is 405 g/mol. The summed E-state index contributed by atoms with van der Waals surface area (Å²) >= 11 is 6.87. The van der Waals surface area contributed by atoms with Crippen molar-refractivity contribution in [3.63, 3.8) is 0 Å². The van der Waals surface area contributed by atoms with Crippen LogP contribution in [-0.2, 0) is 14.8 Å². The number of carbonyl (C=O) groups is 1. The van der Waals surface area contributed by atoms with E-state index in [0.717, 1.165) is 12.1 Å². The number of benzene rings is 1. The zero-order chi connectivity index (χ0) is 18.0. The third-order valence-electron chi connectivity index (χ3n) is 3.87. The first-order valence-electron chi connectivity index (χ1n) is 7.40. The minimum atomic E-state index is -3.85. The van der Waals surface area contributed by atoms with Crippen LogP contribution in [-0.4, -0.2) is 41.9 Å². The number of nitrogens with one attached hydrogen (secondary N) is 1. The Morgan fingerprint density at radius 1 is 1.44 bits per heavy atom. The number of anilines is 1. The number of hydrogen-bond acceptors (Lipinski definition) is 6. The minimum Gasteiger partial charge on any atom is -0.300 e. The van der Waals surface area contributed by atoms with E-state index >= 15 is 0 Å². The smallest absolute Gasteiger partial charge is 0.243 e. The predicted octanol–water partition coefficient (Wildman–Crippen LogP) is 2.37. The molecular formula is C14H14ClFN4O3S2. The number of sulfonamides is 1. The van der Waals surface area contributed by atoms with Crippen LogP contribution in [0.5, 0.6) is 0 Å². The molecule has 2 heterocycles. The maximum Gasteiger partial charge on any atom is 0.243 e. The molecule has 25 heavy (non-hydrogen) atoms. The Bertz CT molecular complexity index is 876. The number of carbonyl (C=O) groups excluding carboxylic acids is 1. The summed E-state index contributed by atoms with van der Waals surface area (Å²) in [5, 5.41) is 10.1. The van der Waals surface area contributed by atoms with Gasteiger partial charge in [-0.3, -0.25) is 4.79 Å².